The first-order valence-electron chi connectivity index (χ1n) is 5.59. The number of likely N-dealkylation sites (N-methyl/N-ethyl adjacent to an activating group) is 1. The van der Waals surface area contributed by atoms with Gasteiger partial charge in [0.05, 0.1) is 13.1 Å². The molecule has 0 unspecified atom stereocenters. The van der Waals surface area contributed by atoms with E-state index < -0.39 is 0 Å². The standard InChI is InChI=1S/C11H23N3O2/c1-8(2)12-6-11(16)14(5)7-10(15)13-9(3)4/h8-9,12H,6-7H2,1-5H3,(H,13,15). The first-order chi connectivity index (χ1) is 7.32. The molecule has 0 saturated heterocycles. The molecule has 5 heteroatoms. The van der Waals surface area contributed by atoms with Crippen LogP contribution in [0, 0.1) is 0 Å². The molecule has 0 heterocycles. The zero-order valence-corrected chi connectivity index (χ0v) is 10.8. The van der Waals surface area contributed by atoms with Gasteiger partial charge in [0.1, 0.15) is 0 Å². The molecule has 0 aromatic heterocycles. The molecule has 0 aromatic rings. The fourth-order valence-corrected chi connectivity index (χ4v) is 1.10. The van der Waals surface area contributed by atoms with Crippen LogP contribution in [0.5, 0.6) is 0 Å². The Hall–Kier alpha value is -1.10. The first kappa shape index (κ1) is 14.9. The van der Waals surface area contributed by atoms with Crippen molar-refractivity contribution in [1.82, 2.24) is 15.5 Å². The lowest BCUT2D eigenvalue weighted by Crippen LogP contribution is -2.44. The van der Waals surface area contributed by atoms with E-state index in [2.05, 4.69) is 10.6 Å². The third-order valence-corrected chi connectivity index (χ3v) is 1.92. The van der Waals surface area contributed by atoms with Crippen molar-refractivity contribution in [3.05, 3.63) is 0 Å². The van der Waals surface area contributed by atoms with Crippen molar-refractivity contribution >= 4 is 11.8 Å². The van der Waals surface area contributed by atoms with E-state index in [-0.39, 0.29) is 37.0 Å². The average molecular weight is 229 g/mol. The molecule has 94 valence electrons. The van der Waals surface area contributed by atoms with Gasteiger partial charge in [-0.3, -0.25) is 9.59 Å². The molecule has 2 N–H and O–H groups in total. The van der Waals surface area contributed by atoms with Crippen molar-refractivity contribution in [2.75, 3.05) is 20.1 Å². The van der Waals surface area contributed by atoms with E-state index in [1.807, 2.05) is 27.7 Å². The molecule has 0 aliphatic carbocycles. The topological polar surface area (TPSA) is 61.4 Å². The Kier molecular flexibility index (Phi) is 6.72. The smallest absolute Gasteiger partial charge is 0.239 e. The van der Waals surface area contributed by atoms with Crippen LogP contribution in [0.1, 0.15) is 27.7 Å². The van der Waals surface area contributed by atoms with Gasteiger partial charge >= 0.3 is 0 Å². The predicted molar refractivity (Wildman–Crippen MR) is 64.1 cm³/mol. The van der Waals surface area contributed by atoms with Gasteiger partial charge in [-0.15, -0.1) is 0 Å². The number of nitrogens with zero attached hydrogens (tertiary/aromatic N) is 1. The van der Waals surface area contributed by atoms with Crippen LogP contribution in [0.25, 0.3) is 0 Å². The van der Waals surface area contributed by atoms with Gasteiger partial charge in [0.2, 0.25) is 11.8 Å². The van der Waals surface area contributed by atoms with E-state index >= 15 is 0 Å². The molecule has 0 atom stereocenters. The van der Waals surface area contributed by atoms with E-state index in [1.165, 1.54) is 4.90 Å². The van der Waals surface area contributed by atoms with Crippen LogP contribution in [-0.4, -0.2) is 48.9 Å². The molecule has 5 nitrogen and oxygen atoms in total. The molecule has 0 aromatic carbocycles. The summed E-state index contributed by atoms with van der Waals surface area (Å²) in [5, 5.41) is 5.76. The number of carbonyl (C=O) groups is 2. The second-order valence-electron chi connectivity index (χ2n) is 4.51. The summed E-state index contributed by atoms with van der Waals surface area (Å²) in [6, 6.07) is 0.367. The van der Waals surface area contributed by atoms with Gasteiger partial charge < -0.3 is 15.5 Å². The van der Waals surface area contributed by atoms with Crippen molar-refractivity contribution < 1.29 is 9.59 Å². The zero-order chi connectivity index (χ0) is 12.7. The highest BCUT2D eigenvalue weighted by atomic mass is 16.2. The number of nitrogens with one attached hydrogen (secondary N) is 2. The molecule has 0 fully saturated rings. The van der Waals surface area contributed by atoms with Crippen molar-refractivity contribution in [3.63, 3.8) is 0 Å². The largest absolute Gasteiger partial charge is 0.352 e. The Morgan fingerprint density at radius 3 is 2.12 bits per heavy atom. The highest BCUT2D eigenvalue weighted by Gasteiger charge is 2.13. The van der Waals surface area contributed by atoms with Crippen LogP contribution >= 0.6 is 0 Å². The SMILES string of the molecule is CC(C)NCC(=O)N(C)CC(=O)NC(C)C. The van der Waals surface area contributed by atoms with E-state index in [4.69, 9.17) is 0 Å². The van der Waals surface area contributed by atoms with Gasteiger partial charge in [0, 0.05) is 19.1 Å². The fraction of sp³-hybridized carbons (Fsp3) is 0.818. The maximum absolute atomic E-state index is 11.6. The van der Waals surface area contributed by atoms with Gasteiger partial charge in [-0.25, -0.2) is 0 Å². The van der Waals surface area contributed by atoms with Gasteiger partial charge in [-0.2, -0.15) is 0 Å². The molecule has 0 rings (SSSR count). The van der Waals surface area contributed by atoms with Crippen molar-refractivity contribution in [3.8, 4) is 0 Å². The zero-order valence-electron chi connectivity index (χ0n) is 10.8. The summed E-state index contributed by atoms with van der Waals surface area (Å²) in [6.45, 7) is 8.09. The van der Waals surface area contributed by atoms with Crippen molar-refractivity contribution in [1.29, 1.82) is 0 Å². The Morgan fingerprint density at radius 1 is 1.12 bits per heavy atom. The predicted octanol–water partition coefficient (Wildman–Crippen LogP) is -0.0326. The van der Waals surface area contributed by atoms with Crippen molar-refractivity contribution in [2.24, 2.45) is 0 Å². The molecule has 0 saturated carbocycles. The van der Waals surface area contributed by atoms with Gasteiger partial charge in [-0.05, 0) is 13.8 Å². The number of hydrogen-bond acceptors (Lipinski definition) is 3. The summed E-state index contributed by atoms with van der Waals surface area (Å²) in [5.74, 6) is -0.206. The molecule has 16 heavy (non-hydrogen) atoms. The normalized spacial score (nSPS) is 10.7. The van der Waals surface area contributed by atoms with E-state index in [0.717, 1.165) is 0 Å². The van der Waals surface area contributed by atoms with Gasteiger partial charge in [0.15, 0.2) is 0 Å². The summed E-state index contributed by atoms with van der Waals surface area (Å²) in [4.78, 5) is 24.4. The second kappa shape index (κ2) is 7.22. The molecule has 0 spiro atoms. The van der Waals surface area contributed by atoms with Crippen LogP contribution in [-0.2, 0) is 9.59 Å². The minimum atomic E-state index is -0.129. The van der Waals surface area contributed by atoms with Crippen molar-refractivity contribution in [2.45, 2.75) is 39.8 Å². The fourth-order valence-electron chi connectivity index (χ4n) is 1.10. The Bertz CT molecular complexity index is 239. The highest BCUT2D eigenvalue weighted by molar-refractivity contribution is 5.85. The Labute approximate surface area is 97.6 Å². The van der Waals surface area contributed by atoms with Gasteiger partial charge in [-0.1, -0.05) is 13.8 Å². The van der Waals surface area contributed by atoms with E-state index in [9.17, 15) is 9.59 Å². The monoisotopic (exact) mass is 229 g/mol. The molecule has 0 aliphatic heterocycles. The minimum absolute atomic E-state index is 0.0763. The summed E-state index contributed by atoms with van der Waals surface area (Å²) < 4.78 is 0. The molecule has 0 bridgehead atoms. The maximum atomic E-state index is 11.6. The van der Waals surface area contributed by atoms with Crippen LogP contribution in [0.2, 0.25) is 0 Å². The maximum Gasteiger partial charge on any atom is 0.239 e. The summed E-state index contributed by atoms with van der Waals surface area (Å²) in [5.41, 5.74) is 0. The lowest BCUT2D eigenvalue weighted by Gasteiger charge is -2.18. The lowest BCUT2D eigenvalue weighted by atomic mass is 10.3. The second-order valence-corrected chi connectivity index (χ2v) is 4.51. The van der Waals surface area contributed by atoms with Crippen LogP contribution in [0.15, 0.2) is 0 Å². The number of carbonyl (C=O) groups excluding carboxylic acids is 2. The molecular formula is C11H23N3O2. The Morgan fingerprint density at radius 2 is 1.69 bits per heavy atom. The van der Waals surface area contributed by atoms with Crippen LogP contribution in [0.3, 0.4) is 0 Å². The Balaban J connectivity index is 3.91. The van der Waals surface area contributed by atoms with E-state index in [1.54, 1.807) is 7.05 Å². The van der Waals surface area contributed by atoms with E-state index in [0.29, 0.717) is 0 Å². The average Bonchev–Trinajstić information content (AvgIpc) is 2.12. The molecule has 0 aliphatic rings. The minimum Gasteiger partial charge on any atom is -0.352 e. The van der Waals surface area contributed by atoms with Gasteiger partial charge in [0.25, 0.3) is 0 Å². The first-order valence-corrected chi connectivity index (χ1v) is 5.59. The summed E-state index contributed by atoms with van der Waals surface area (Å²) in [6.07, 6.45) is 0. The third kappa shape index (κ3) is 7.23. The number of rotatable bonds is 6. The molecule has 2 amide bonds. The number of amides is 2. The molecular weight excluding hydrogens is 206 g/mol. The summed E-state index contributed by atoms with van der Waals surface area (Å²) >= 11 is 0. The molecule has 0 radical (unpaired) electrons. The quantitative estimate of drug-likeness (QED) is 0.672. The third-order valence-electron chi connectivity index (χ3n) is 1.92. The lowest BCUT2D eigenvalue weighted by molar-refractivity contribution is -0.134. The number of hydrogen-bond donors (Lipinski definition) is 2. The van der Waals surface area contributed by atoms with Crippen LogP contribution < -0.4 is 10.6 Å². The van der Waals surface area contributed by atoms with Crippen LogP contribution in [0.4, 0.5) is 0 Å². The summed E-state index contributed by atoms with van der Waals surface area (Å²) in [7, 11) is 1.63. The highest BCUT2D eigenvalue weighted by Crippen LogP contribution is 1.87.